The van der Waals surface area contributed by atoms with E-state index in [2.05, 4.69) is 10.3 Å². The number of nitrogens with zero attached hydrogens (tertiary/aromatic N) is 2. The van der Waals surface area contributed by atoms with Gasteiger partial charge in [0.1, 0.15) is 11.6 Å². The van der Waals surface area contributed by atoms with Gasteiger partial charge in [-0.05, 0) is 42.8 Å². The highest BCUT2D eigenvalue weighted by atomic mass is 32.1. The second kappa shape index (κ2) is 8.93. The van der Waals surface area contributed by atoms with Crippen molar-refractivity contribution >= 4 is 28.9 Å². The minimum atomic E-state index is -0.490. The van der Waals surface area contributed by atoms with E-state index in [1.54, 1.807) is 29.6 Å². The fourth-order valence-electron chi connectivity index (χ4n) is 2.44. The van der Waals surface area contributed by atoms with Gasteiger partial charge in [0.2, 0.25) is 5.91 Å². The number of carbonyl (C=O) groups excluding carboxylic acids is 2. The number of thiazole rings is 1. The number of nitrogens with one attached hydrogen (secondary N) is 1. The summed E-state index contributed by atoms with van der Waals surface area (Å²) in [6, 6.07) is 15.8. The Morgan fingerprint density at radius 3 is 2.64 bits per heavy atom. The normalized spacial score (nSPS) is 10.1. The van der Waals surface area contributed by atoms with Gasteiger partial charge in [0.25, 0.3) is 0 Å². The highest BCUT2D eigenvalue weighted by Gasteiger charge is 2.12. The second-order valence-electron chi connectivity index (χ2n) is 6.04. The van der Waals surface area contributed by atoms with Crippen LogP contribution in [0.15, 0.2) is 53.9 Å². The summed E-state index contributed by atoms with van der Waals surface area (Å²) in [6.45, 7) is 1.95. The smallest absolute Gasteiger partial charge is 0.338 e. The zero-order valence-electron chi connectivity index (χ0n) is 15.1. The number of rotatable bonds is 6. The van der Waals surface area contributed by atoms with Gasteiger partial charge in [0.15, 0.2) is 0 Å². The molecule has 0 saturated carbocycles. The van der Waals surface area contributed by atoms with Crippen LogP contribution in [0.2, 0.25) is 0 Å². The Bertz CT molecular complexity index is 1040. The van der Waals surface area contributed by atoms with E-state index in [1.165, 1.54) is 11.3 Å². The van der Waals surface area contributed by atoms with E-state index in [0.717, 1.165) is 11.3 Å². The van der Waals surface area contributed by atoms with Crippen LogP contribution in [0.5, 0.6) is 0 Å². The lowest BCUT2D eigenvalue weighted by atomic mass is 10.1. The number of para-hydroxylation sites is 1. The summed E-state index contributed by atoms with van der Waals surface area (Å²) < 4.78 is 5.24. The molecule has 1 N–H and O–H groups in total. The lowest BCUT2D eigenvalue weighted by molar-refractivity contribution is -0.115. The highest BCUT2D eigenvalue weighted by Crippen LogP contribution is 2.16. The summed E-state index contributed by atoms with van der Waals surface area (Å²) in [5.41, 5.74) is 3.20. The maximum atomic E-state index is 12.2. The third kappa shape index (κ3) is 5.02. The topological polar surface area (TPSA) is 92.1 Å². The number of carbonyl (C=O) groups is 2. The molecular formula is C21H17N3O3S. The average Bonchev–Trinajstić information content (AvgIpc) is 3.15. The second-order valence-corrected chi connectivity index (χ2v) is 6.98. The number of anilines is 1. The first-order chi connectivity index (χ1) is 13.5. The summed E-state index contributed by atoms with van der Waals surface area (Å²) in [5.74, 6) is -0.638. The first-order valence-electron chi connectivity index (χ1n) is 8.51. The fraction of sp³-hybridized carbons (Fsp3) is 0.143. The molecule has 140 valence electrons. The third-order valence-corrected chi connectivity index (χ3v) is 4.83. The molecule has 0 bridgehead atoms. The Morgan fingerprint density at radius 2 is 1.93 bits per heavy atom. The van der Waals surface area contributed by atoms with Crippen molar-refractivity contribution in [2.45, 2.75) is 20.0 Å². The van der Waals surface area contributed by atoms with Gasteiger partial charge in [-0.2, -0.15) is 5.26 Å². The lowest BCUT2D eigenvalue weighted by Gasteiger charge is -2.06. The molecule has 3 aromatic rings. The fourth-order valence-corrected chi connectivity index (χ4v) is 3.22. The van der Waals surface area contributed by atoms with Crippen LogP contribution in [-0.2, 0) is 22.6 Å². The number of benzene rings is 2. The predicted octanol–water partition coefficient (Wildman–Crippen LogP) is 3.86. The van der Waals surface area contributed by atoms with E-state index in [0.29, 0.717) is 21.8 Å². The minimum Gasteiger partial charge on any atom is -0.456 e. The Hall–Kier alpha value is -3.50. The molecule has 0 spiro atoms. The number of hydrogen-bond acceptors (Lipinski definition) is 6. The Kier molecular flexibility index (Phi) is 6.14. The van der Waals surface area contributed by atoms with Crippen LogP contribution in [0.25, 0.3) is 0 Å². The van der Waals surface area contributed by atoms with Gasteiger partial charge in [-0.1, -0.05) is 18.2 Å². The van der Waals surface area contributed by atoms with Crippen molar-refractivity contribution in [1.29, 1.82) is 5.26 Å². The Morgan fingerprint density at radius 1 is 1.18 bits per heavy atom. The number of ether oxygens (including phenoxy) is 1. The number of esters is 1. The summed E-state index contributed by atoms with van der Waals surface area (Å²) in [7, 11) is 0. The van der Waals surface area contributed by atoms with Crippen LogP contribution >= 0.6 is 11.3 Å². The molecule has 0 atom stereocenters. The van der Waals surface area contributed by atoms with Crippen molar-refractivity contribution < 1.29 is 14.3 Å². The molecule has 6 nitrogen and oxygen atoms in total. The van der Waals surface area contributed by atoms with Crippen molar-refractivity contribution in [3.63, 3.8) is 0 Å². The van der Waals surface area contributed by atoms with Gasteiger partial charge in [-0.3, -0.25) is 4.79 Å². The molecule has 2 aromatic carbocycles. The maximum absolute atomic E-state index is 12.2. The largest absolute Gasteiger partial charge is 0.456 e. The first-order valence-corrected chi connectivity index (χ1v) is 9.39. The zero-order valence-corrected chi connectivity index (χ0v) is 16.0. The standard InChI is InChI=1S/C21H17N3O3S/c1-14-4-2-3-5-18(14)24-19(25)10-20-23-17(13-28-20)12-27-21(26)16-8-6-15(11-22)7-9-16/h2-9,13H,10,12H2,1H3,(H,24,25). The van der Waals surface area contributed by atoms with Crippen LogP contribution in [0.3, 0.4) is 0 Å². The lowest BCUT2D eigenvalue weighted by Crippen LogP contribution is -2.15. The number of aryl methyl sites for hydroxylation is 1. The van der Waals surface area contributed by atoms with Crippen molar-refractivity contribution in [1.82, 2.24) is 4.98 Å². The predicted molar refractivity (Wildman–Crippen MR) is 106 cm³/mol. The third-order valence-electron chi connectivity index (χ3n) is 3.93. The molecule has 0 aliphatic carbocycles. The Labute approximate surface area is 166 Å². The number of hydrogen-bond donors (Lipinski definition) is 1. The molecular weight excluding hydrogens is 374 g/mol. The van der Waals surface area contributed by atoms with Gasteiger partial charge in [0, 0.05) is 11.1 Å². The van der Waals surface area contributed by atoms with Crippen molar-refractivity contribution in [3.05, 3.63) is 81.3 Å². The summed E-state index contributed by atoms with van der Waals surface area (Å²) >= 11 is 1.35. The van der Waals surface area contributed by atoms with E-state index >= 15 is 0 Å². The molecule has 1 aromatic heterocycles. The molecule has 0 aliphatic rings. The minimum absolute atomic E-state index is 0.0226. The molecule has 0 radical (unpaired) electrons. The average molecular weight is 391 g/mol. The first kappa shape index (κ1) is 19.3. The molecule has 28 heavy (non-hydrogen) atoms. The van der Waals surface area contributed by atoms with Crippen LogP contribution in [0.1, 0.15) is 32.2 Å². The summed E-state index contributed by atoms with van der Waals surface area (Å²) in [4.78, 5) is 28.6. The van der Waals surface area contributed by atoms with E-state index in [9.17, 15) is 9.59 Å². The SMILES string of the molecule is Cc1ccccc1NC(=O)Cc1nc(COC(=O)c2ccc(C#N)cc2)cs1. The summed E-state index contributed by atoms with van der Waals surface area (Å²) in [6.07, 6.45) is 0.155. The number of nitriles is 1. The van der Waals surface area contributed by atoms with E-state index < -0.39 is 5.97 Å². The number of amides is 1. The molecule has 0 fully saturated rings. The van der Waals surface area contributed by atoms with Crippen LogP contribution < -0.4 is 5.32 Å². The van der Waals surface area contributed by atoms with Crippen molar-refractivity contribution in [3.8, 4) is 6.07 Å². The molecule has 0 unspecified atom stereocenters. The summed E-state index contributed by atoms with van der Waals surface area (Å²) in [5, 5.41) is 14.1. The van der Waals surface area contributed by atoms with Gasteiger partial charge < -0.3 is 10.1 Å². The molecule has 3 rings (SSSR count). The van der Waals surface area contributed by atoms with E-state index in [4.69, 9.17) is 10.00 Å². The van der Waals surface area contributed by atoms with Crippen molar-refractivity contribution in [2.24, 2.45) is 0 Å². The van der Waals surface area contributed by atoms with Gasteiger partial charge in [-0.25, -0.2) is 9.78 Å². The van der Waals surface area contributed by atoms with Crippen molar-refractivity contribution in [2.75, 3.05) is 5.32 Å². The van der Waals surface area contributed by atoms with Gasteiger partial charge in [-0.15, -0.1) is 11.3 Å². The molecule has 0 saturated heterocycles. The van der Waals surface area contributed by atoms with Crippen LogP contribution in [-0.4, -0.2) is 16.9 Å². The quantitative estimate of drug-likeness (QED) is 0.644. The van der Waals surface area contributed by atoms with Crippen LogP contribution in [0, 0.1) is 18.3 Å². The van der Waals surface area contributed by atoms with Crippen LogP contribution in [0.4, 0.5) is 5.69 Å². The Balaban J connectivity index is 1.52. The zero-order chi connectivity index (χ0) is 19.9. The molecule has 1 heterocycles. The maximum Gasteiger partial charge on any atom is 0.338 e. The van der Waals surface area contributed by atoms with E-state index in [1.807, 2.05) is 37.3 Å². The molecule has 0 aliphatic heterocycles. The van der Waals surface area contributed by atoms with Gasteiger partial charge >= 0.3 is 5.97 Å². The highest BCUT2D eigenvalue weighted by molar-refractivity contribution is 7.09. The van der Waals surface area contributed by atoms with Gasteiger partial charge in [0.05, 0.1) is 29.3 Å². The number of aromatic nitrogens is 1. The molecule has 7 heteroatoms. The van der Waals surface area contributed by atoms with E-state index in [-0.39, 0.29) is 18.9 Å². The monoisotopic (exact) mass is 391 g/mol. The molecule has 1 amide bonds.